The summed E-state index contributed by atoms with van der Waals surface area (Å²) in [6.07, 6.45) is 7.33. The van der Waals surface area contributed by atoms with Crippen molar-refractivity contribution in [2.24, 2.45) is 7.05 Å². The summed E-state index contributed by atoms with van der Waals surface area (Å²) < 4.78 is 8.62. The third-order valence-corrected chi connectivity index (χ3v) is 6.72. The number of likely N-dealkylation sites (tertiary alicyclic amines) is 1. The lowest BCUT2D eigenvalue weighted by atomic mass is 10.0. The Balaban J connectivity index is 1.33. The maximum atomic E-state index is 5.78. The van der Waals surface area contributed by atoms with Gasteiger partial charge in [-0.05, 0) is 53.9 Å². The largest absolute Gasteiger partial charge is 0.375 e. The Morgan fingerprint density at radius 1 is 1.16 bits per heavy atom. The van der Waals surface area contributed by atoms with E-state index in [1.54, 1.807) is 0 Å². The van der Waals surface area contributed by atoms with E-state index in [0.717, 1.165) is 58.3 Å². The zero-order valence-electron chi connectivity index (χ0n) is 17.7. The van der Waals surface area contributed by atoms with Gasteiger partial charge in [0, 0.05) is 59.7 Å². The van der Waals surface area contributed by atoms with Gasteiger partial charge in [0.25, 0.3) is 0 Å². The molecule has 8 heteroatoms. The van der Waals surface area contributed by atoms with Gasteiger partial charge in [-0.3, -0.25) is 9.58 Å². The predicted octanol–water partition coefficient (Wildman–Crippen LogP) is 4.51. The second-order valence-corrected chi connectivity index (χ2v) is 9.53. The van der Waals surface area contributed by atoms with Gasteiger partial charge in [0.2, 0.25) is 5.95 Å². The summed E-state index contributed by atoms with van der Waals surface area (Å²) in [6, 6.07) is 13.1. The highest BCUT2D eigenvalue weighted by Crippen LogP contribution is 2.32. The molecule has 4 heterocycles. The van der Waals surface area contributed by atoms with Gasteiger partial charge >= 0.3 is 0 Å². The van der Waals surface area contributed by atoms with Crippen LogP contribution < -0.4 is 5.32 Å². The van der Waals surface area contributed by atoms with Crippen molar-refractivity contribution in [1.82, 2.24) is 24.6 Å². The summed E-state index contributed by atoms with van der Waals surface area (Å²) in [5.41, 5.74) is 5.35. The van der Waals surface area contributed by atoms with E-state index in [9.17, 15) is 0 Å². The van der Waals surface area contributed by atoms with Crippen LogP contribution >= 0.6 is 15.9 Å². The quantitative estimate of drug-likeness (QED) is 0.443. The second-order valence-electron chi connectivity index (χ2n) is 8.62. The number of rotatable bonds is 5. The molecule has 7 nitrogen and oxygen atoms in total. The molecule has 2 saturated heterocycles. The van der Waals surface area contributed by atoms with Crippen molar-refractivity contribution in [3.63, 3.8) is 0 Å². The van der Waals surface area contributed by atoms with Crippen LogP contribution in [0.1, 0.15) is 12.0 Å². The number of hydrogen-bond acceptors (Lipinski definition) is 6. The third kappa shape index (κ3) is 3.90. The molecule has 0 unspecified atom stereocenters. The van der Waals surface area contributed by atoms with Crippen LogP contribution in [0.2, 0.25) is 0 Å². The first-order chi connectivity index (χ1) is 15.6. The molecule has 2 atom stereocenters. The minimum Gasteiger partial charge on any atom is -0.375 e. The summed E-state index contributed by atoms with van der Waals surface area (Å²) >= 11 is 3.50. The first kappa shape index (κ1) is 19.8. The highest BCUT2D eigenvalue weighted by atomic mass is 79.9. The van der Waals surface area contributed by atoms with Gasteiger partial charge in [0.1, 0.15) is 0 Å². The van der Waals surface area contributed by atoms with E-state index in [0.29, 0.717) is 18.1 Å². The van der Waals surface area contributed by atoms with E-state index < -0.39 is 0 Å². The Bertz CT molecular complexity index is 1300. The highest BCUT2D eigenvalue weighted by molar-refractivity contribution is 9.10. The van der Waals surface area contributed by atoms with Gasteiger partial charge in [-0.25, -0.2) is 9.97 Å². The van der Waals surface area contributed by atoms with E-state index in [1.165, 1.54) is 5.56 Å². The van der Waals surface area contributed by atoms with Crippen molar-refractivity contribution >= 4 is 38.5 Å². The number of anilines is 2. The maximum Gasteiger partial charge on any atom is 0.227 e. The van der Waals surface area contributed by atoms with Gasteiger partial charge in [-0.2, -0.15) is 5.10 Å². The van der Waals surface area contributed by atoms with Crippen molar-refractivity contribution in [1.29, 1.82) is 0 Å². The standard InChI is InChI=1S/C24H23BrN6O/c1-30-12-18(10-27-30)16-4-15(11-31-13-22-8-21(31)14-32-22)5-20(7-16)28-24-26-9-17-6-19(25)2-3-23(17)29-24/h2-7,9-10,12,21-22H,8,11,13-14H2,1H3,(H,26,28,29)/t21-,22+/m1/s1. The van der Waals surface area contributed by atoms with Crippen molar-refractivity contribution in [3.8, 4) is 11.1 Å². The van der Waals surface area contributed by atoms with Crippen LogP contribution in [0.4, 0.5) is 11.6 Å². The molecule has 2 aliphatic rings. The van der Waals surface area contributed by atoms with E-state index in [1.807, 2.05) is 48.5 Å². The van der Waals surface area contributed by atoms with E-state index in [2.05, 4.69) is 54.4 Å². The average molecular weight is 491 g/mol. The molecule has 0 radical (unpaired) electrons. The van der Waals surface area contributed by atoms with Crippen LogP contribution in [0.3, 0.4) is 0 Å². The SMILES string of the molecule is Cn1cc(-c2cc(CN3C[C@@H]4C[C@@H]3CO4)cc(Nc3ncc4cc(Br)ccc4n3)c2)cn1. The molecule has 6 rings (SSSR count). The predicted molar refractivity (Wildman–Crippen MR) is 128 cm³/mol. The normalized spacial score (nSPS) is 20.3. The van der Waals surface area contributed by atoms with Gasteiger partial charge in [0.15, 0.2) is 0 Å². The van der Waals surface area contributed by atoms with Crippen LogP contribution in [-0.2, 0) is 18.3 Å². The lowest BCUT2D eigenvalue weighted by Crippen LogP contribution is -2.36. The zero-order chi connectivity index (χ0) is 21.7. The number of benzene rings is 2. The van der Waals surface area contributed by atoms with E-state index in [-0.39, 0.29) is 0 Å². The molecule has 2 fully saturated rings. The molecule has 162 valence electrons. The van der Waals surface area contributed by atoms with Crippen LogP contribution in [-0.4, -0.2) is 49.9 Å². The van der Waals surface area contributed by atoms with Crippen molar-refractivity contribution in [2.45, 2.75) is 25.1 Å². The van der Waals surface area contributed by atoms with Crippen LogP contribution in [0.5, 0.6) is 0 Å². The van der Waals surface area contributed by atoms with Gasteiger partial charge in [-0.1, -0.05) is 15.9 Å². The molecule has 0 spiro atoms. The van der Waals surface area contributed by atoms with Crippen LogP contribution in [0.25, 0.3) is 22.0 Å². The summed E-state index contributed by atoms with van der Waals surface area (Å²) in [5.74, 6) is 0.586. The minimum atomic E-state index is 0.394. The Labute approximate surface area is 194 Å². The molecule has 32 heavy (non-hydrogen) atoms. The Hall–Kier alpha value is -2.81. The Morgan fingerprint density at radius 2 is 2.09 bits per heavy atom. The first-order valence-corrected chi connectivity index (χ1v) is 11.6. The number of morpholine rings is 1. The number of nitrogens with one attached hydrogen (secondary N) is 1. The highest BCUT2D eigenvalue weighted by Gasteiger charge is 2.38. The number of aryl methyl sites for hydroxylation is 1. The minimum absolute atomic E-state index is 0.394. The molecule has 4 aromatic rings. The molecule has 2 aromatic carbocycles. The fraction of sp³-hybridized carbons (Fsp3) is 0.292. The van der Waals surface area contributed by atoms with Crippen molar-refractivity contribution in [2.75, 3.05) is 18.5 Å². The zero-order valence-corrected chi connectivity index (χ0v) is 19.3. The number of ether oxygens (including phenoxy) is 1. The second kappa shape index (κ2) is 7.95. The summed E-state index contributed by atoms with van der Waals surface area (Å²) in [6.45, 7) is 2.76. The number of halogens is 1. The molecular formula is C24H23BrN6O. The molecular weight excluding hydrogens is 468 g/mol. The molecule has 0 amide bonds. The summed E-state index contributed by atoms with van der Waals surface area (Å²) in [7, 11) is 1.94. The lowest BCUT2D eigenvalue weighted by molar-refractivity contribution is 0.0273. The van der Waals surface area contributed by atoms with Gasteiger partial charge in [0.05, 0.1) is 24.4 Å². The van der Waals surface area contributed by atoms with Crippen LogP contribution in [0.15, 0.2) is 59.5 Å². The molecule has 2 aromatic heterocycles. The number of hydrogen-bond donors (Lipinski definition) is 1. The van der Waals surface area contributed by atoms with Crippen molar-refractivity contribution in [3.05, 3.63) is 65.0 Å². The van der Waals surface area contributed by atoms with Gasteiger partial charge < -0.3 is 10.1 Å². The van der Waals surface area contributed by atoms with E-state index in [4.69, 9.17) is 9.72 Å². The molecule has 2 bridgehead atoms. The average Bonchev–Trinajstić information content (AvgIpc) is 3.51. The monoisotopic (exact) mass is 490 g/mol. The van der Waals surface area contributed by atoms with Crippen LogP contribution in [0, 0.1) is 0 Å². The Morgan fingerprint density at radius 3 is 2.88 bits per heavy atom. The topological polar surface area (TPSA) is 68.1 Å². The number of aromatic nitrogens is 4. The fourth-order valence-corrected chi connectivity index (χ4v) is 5.07. The molecule has 0 saturated carbocycles. The van der Waals surface area contributed by atoms with Crippen molar-refractivity contribution < 1.29 is 4.74 Å². The third-order valence-electron chi connectivity index (χ3n) is 6.23. The molecule has 1 N–H and O–H groups in total. The first-order valence-electron chi connectivity index (χ1n) is 10.8. The number of fused-ring (bicyclic) bond motifs is 3. The lowest BCUT2D eigenvalue weighted by Gasteiger charge is -2.27. The smallest absolute Gasteiger partial charge is 0.227 e. The summed E-state index contributed by atoms with van der Waals surface area (Å²) in [5, 5.41) is 8.78. The van der Waals surface area contributed by atoms with E-state index >= 15 is 0 Å². The summed E-state index contributed by atoms with van der Waals surface area (Å²) in [4.78, 5) is 11.8. The molecule has 0 aliphatic carbocycles. The number of nitrogens with zero attached hydrogens (tertiary/aromatic N) is 5. The molecule has 2 aliphatic heterocycles. The Kier molecular flexibility index (Phi) is 4.93. The maximum absolute atomic E-state index is 5.78. The van der Waals surface area contributed by atoms with Gasteiger partial charge in [-0.15, -0.1) is 0 Å². The fourth-order valence-electron chi connectivity index (χ4n) is 4.69.